The van der Waals surface area contributed by atoms with Crippen LogP contribution in [0.2, 0.25) is 5.02 Å². The zero-order chi connectivity index (χ0) is 21.5. The van der Waals surface area contributed by atoms with Gasteiger partial charge in [0.25, 0.3) is 20.0 Å². The number of sulfonamides is 2. The highest BCUT2D eigenvalue weighted by Crippen LogP contribution is 2.31. The standard InChI is InChI=1S/C18H15ClN4O5S2/c1-23-9-8-17(20-23)29(24,25)21-14-7-6-13(19)11-15(14)22-30(26,27)18-10-12-4-2-3-5-16(12)28-18/h2-11,21-22H,1H3. The minimum absolute atomic E-state index is 0.0234. The molecule has 30 heavy (non-hydrogen) atoms. The normalized spacial score (nSPS) is 12.2. The van der Waals surface area contributed by atoms with Gasteiger partial charge in [-0.3, -0.25) is 14.1 Å². The maximum Gasteiger partial charge on any atom is 0.295 e. The Balaban J connectivity index is 1.69. The van der Waals surface area contributed by atoms with Gasteiger partial charge in [0.2, 0.25) is 5.09 Å². The highest BCUT2D eigenvalue weighted by molar-refractivity contribution is 7.93. The molecule has 156 valence electrons. The molecule has 12 heteroatoms. The van der Waals surface area contributed by atoms with Crippen LogP contribution in [0.3, 0.4) is 0 Å². The van der Waals surface area contributed by atoms with Gasteiger partial charge in [0.05, 0.1) is 11.4 Å². The molecule has 2 heterocycles. The molecule has 0 aliphatic carbocycles. The minimum atomic E-state index is -4.16. The number of nitrogens with one attached hydrogen (secondary N) is 2. The number of benzene rings is 2. The molecule has 2 N–H and O–H groups in total. The highest BCUT2D eigenvalue weighted by Gasteiger charge is 2.24. The molecule has 0 bridgehead atoms. The molecule has 2 aromatic heterocycles. The lowest BCUT2D eigenvalue weighted by Gasteiger charge is -2.13. The van der Waals surface area contributed by atoms with Crippen LogP contribution in [0.15, 0.2) is 75.3 Å². The first kappa shape index (κ1) is 20.3. The number of hydrogen-bond donors (Lipinski definition) is 2. The van der Waals surface area contributed by atoms with Gasteiger partial charge in [-0.2, -0.15) is 21.9 Å². The van der Waals surface area contributed by atoms with E-state index in [1.165, 1.54) is 41.2 Å². The Labute approximate surface area is 177 Å². The highest BCUT2D eigenvalue weighted by atomic mass is 35.5. The van der Waals surface area contributed by atoms with Crippen LogP contribution in [0.4, 0.5) is 11.4 Å². The van der Waals surface area contributed by atoms with Gasteiger partial charge in [0, 0.05) is 29.7 Å². The largest absolute Gasteiger partial charge is 0.443 e. The van der Waals surface area contributed by atoms with Crippen molar-refractivity contribution >= 4 is 54.0 Å². The first-order chi connectivity index (χ1) is 14.1. The van der Waals surface area contributed by atoms with Crippen molar-refractivity contribution in [2.45, 2.75) is 10.1 Å². The molecule has 0 spiro atoms. The molecule has 0 atom stereocenters. The number of fused-ring (bicyclic) bond motifs is 1. The Morgan fingerprint density at radius 2 is 1.67 bits per heavy atom. The van der Waals surface area contributed by atoms with Crippen LogP contribution in [0.25, 0.3) is 11.0 Å². The lowest BCUT2D eigenvalue weighted by Crippen LogP contribution is -2.18. The van der Waals surface area contributed by atoms with Crippen LogP contribution in [0, 0.1) is 0 Å². The minimum Gasteiger partial charge on any atom is -0.443 e. The first-order valence-corrected chi connectivity index (χ1v) is 11.8. The smallest absolute Gasteiger partial charge is 0.295 e. The van der Waals surface area contributed by atoms with Gasteiger partial charge in [-0.25, -0.2) is 0 Å². The van der Waals surface area contributed by atoms with Crippen molar-refractivity contribution in [1.29, 1.82) is 0 Å². The summed E-state index contributed by atoms with van der Waals surface area (Å²) < 4.78 is 62.2. The van der Waals surface area contributed by atoms with Crippen molar-refractivity contribution < 1.29 is 21.3 Å². The number of nitrogens with zero attached hydrogens (tertiary/aromatic N) is 2. The van der Waals surface area contributed by atoms with Crippen molar-refractivity contribution in [3.63, 3.8) is 0 Å². The Hall–Kier alpha value is -3.02. The SMILES string of the molecule is Cn1ccc(S(=O)(=O)Nc2ccc(Cl)cc2NS(=O)(=O)c2cc3ccccc3o2)n1. The summed E-state index contributed by atoms with van der Waals surface area (Å²) in [7, 11) is -6.63. The maximum absolute atomic E-state index is 12.8. The van der Waals surface area contributed by atoms with Gasteiger partial charge in [-0.1, -0.05) is 29.8 Å². The summed E-state index contributed by atoms with van der Waals surface area (Å²) in [6.07, 6.45) is 1.47. The molecule has 0 aliphatic heterocycles. The Morgan fingerprint density at radius 1 is 0.933 bits per heavy atom. The van der Waals surface area contributed by atoms with Crippen LogP contribution in [0.1, 0.15) is 0 Å². The lowest BCUT2D eigenvalue weighted by molar-refractivity contribution is 0.484. The van der Waals surface area contributed by atoms with Crippen molar-refractivity contribution in [2.24, 2.45) is 7.05 Å². The van der Waals surface area contributed by atoms with E-state index in [-0.39, 0.29) is 26.5 Å². The Morgan fingerprint density at radius 3 is 2.37 bits per heavy atom. The topological polar surface area (TPSA) is 123 Å². The van der Waals surface area contributed by atoms with Gasteiger partial charge in [0.1, 0.15) is 5.58 Å². The number of rotatable bonds is 6. The number of anilines is 2. The van der Waals surface area contributed by atoms with Crippen molar-refractivity contribution in [3.05, 3.63) is 65.8 Å². The summed E-state index contributed by atoms with van der Waals surface area (Å²) in [6.45, 7) is 0. The van der Waals surface area contributed by atoms with E-state index in [9.17, 15) is 16.8 Å². The molecule has 2 aromatic carbocycles. The fraction of sp³-hybridized carbons (Fsp3) is 0.0556. The lowest BCUT2D eigenvalue weighted by atomic mass is 10.3. The second-order valence-electron chi connectivity index (χ2n) is 6.33. The fourth-order valence-electron chi connectivity index (χ4n) is 2.71. The van der Waals surface area contributed by atoms with E-state index < -0.39 is 20.0 Å². The molecular weight excluding hydrogens is 452 g/mol. The van der Waals surface area contributed by atoms with Crippen LogP contribution < -0.4 is 9.44 Å². The predicted octanol–water partition coefficient (Wildman–Crippen LogP) is 3.42. The van der Waals surface area contributed by atoms with E-state index >= 15 is 0 Å². The summed E-state index contributed by atoms with van der Waals surface area (Å²) in [5.74, 6) is 0. The van der Waals surface area contributed by atoms with E-state index in [4.69, 9.17) is 16.0 Å². The molecule has 0 unspecified atom stereocenters. The third-order valence-corrected chi connectivity index (χ3v) is 6.81. The molecular formula is C18H15ClN4O5S2. The van der Waals surface area contributed by atoms with Gasteiger partial charge in [-0.05, 0) is 30.3 Å². The molecule has 0 fully saturated rings. The van der Waals surface area contributed by atoms with E-state index in [0.717, 1.165) is 0 Å². The molecule has 4 aromatic rings. The number of hydrogen-bond acceptors (Lipinski definition) is 6. The monoisotopic (exact) mass is 466 g/mol. The second kappa shape index (κ2) is 7.35. The summed E-state index contributed by atoms with van der Waals surface area (Å²) in [4.78, 5) is 0. The fourth-order valence-corrected chi connectivity index (χ4v) is 4.97. The van der Waals surface area contributed by atoms with E-state index in [0.29, 0.717) is 11.0 Å². The molecule has 0 saturated carbocycles. The van der Waals surface area contributed by atoms with Crippen LogP contribution >= 0.6 is 11.6 Å². The summed E-state index contributed by atoms with van der Waals surface area (Å²) in [5.41, 5.74) is 0.312. The number of aryl methyl sites for hydroxylation is 1. The number of halogens is 1. The second-order valence-corrected chi connectivity index (χ2v) is 10.0. The average Bonchev–Trinajstić information content (AvgIpc) is 3.30. The van der Waals surface area contributed by atoms with Gasteiger partial charge in [-0.15, -0.1) is 0 Å². The van der Waals surface area contributed by atoms with Gasteiger partial charge in [0.15, 0.2) is 5.03 Å². The molecule has 0 amide bonds. The zero-order valence-corrected chi connectivity index (χ0v) is 17.8. The summed E-state index contributed by atoms with van der Waals surface area (Å²) >= 11 is 6.00. The number of aromatic nitrogens is 2. The summed E-state index contributed by atoms with van der Waals surface area (Å²) in [6, 6.07) is 13.6. The van der Waals surface area contributed by atoms with Crippen LogP contribution in [-0.4, -0.2) is 26.6 Å². The molecule has 0 saturated heterocycles. The van der Waals surface area contributed by atoms with Gasteiger partial charge >= 0.3 is 0 Å². The third-order valence-electron chi connectivity index (χ3n) is 4.10. The average molecular weight is 467 g/mol. The van der Waals surface area contributed by atoms with E-state index in [1.807, 2.05) is 0 Å². The Kier molecular flexibility index (Phi) is 4.96. The van der Waals surface area contributed by atoms with E-state index in [1.54, 1.807) is 31.3 Å². The van der Waals surface area contributed by atoms with Crippen molar-refractivity contribution in [3.8, 4) is 0 Å². The molecule has 9 nitrogen and oxygen atoms in total. The van der Waals surface area contributed by atoms with Crippen LogP contribution in [0.5, 0.6) is 0 Å². The van der Waals surface area contributed by atoms with Crippen molar-refractivity contribution in [2.75, 3.05) is 9.44 Å². The number of para-hydroxylation sites is 1. The van der Waals surface area contributed by atoms with Crippen LogP contribution in [-0.2, 0) is 27.1 Å². The third kappa shape index (κ3) is 3.99. The number of furan rings is 1. The quantitative estimate of drug-likeness (QED) is 0.448. The Bertz CT molecular complexity index is 1430. The van der Waals surface area contributed by atoms with E-state index in [2.05, 4.69) is 14.5 Å². The predicted molar refractivity (Wildman–Crippen MR) is 112 cm³/mol. The first-order valence-electron chi connectivity index (χ1n) is 8.47. The molecule has 0 aliphatic rings. The van der Waals surface area contributed by atoms with Gasteiger partial charge < -0.3 is 4.42 Å². The molecule has 4 rings (SSSR count). The molecule has 0 radical (unpaired) electrons. The zero-order valence-electron chi connectivity index (χ0n) is 15.4. The van der Waals surface area contributed by atoms with Crippen molar-refractivity contribution in [1.82, 2.24) is 9.78 Å². The maximum atomic E-state index is 12.8. The summed E-state index contributed by atoms with van der Waals surface area (Å²) in [5, 5.41) is 4.14.